The zero-order valence-electron chi connectivity index (χ0n) is 14.3. The van der Waals surface area contributed by atoms with Gasteiger partial charge in [0.1, 0.15) is 34.3 Å². The van der Waals surface area contributed by atoms with Crippen LogP contribution in [0.25, 0.3) is 0 Å². The Morgan fingerprint density at radius 2 is 1.52 bits per heavy atom. The van der Waals surface area contributed by atoms with Gasteiger partial charge in [0.25, 0.3) is 0 Å². The molecule has 7 nitrogen and oxygen atoms in total. The van der Waals surface area contributed by atoms with Gasteiger partial charge in [0.05, 0.1) is 20.3 Å². The summed E-state index contributed by atoms with van der Waals surface area (Å²) in [7, 11) is 1.45. The van der Waals surface area contributed by atoms with Crippen molar-refractivity contribution >= 4 is 5.97 Å². The predicted octanol–water partition coefficient (Wildman–Crippen LogP) is 3.62. The number of rotatable bonds is 1. The van der Waals surface area contributed by atoms with E-state index in [1.165, 1.54) is 19.2 Å². The first-order chi connectivity index (χ1) is 12.0. The third-order valence-electron chi connectivity index (χ3n) is 3.93. The highest BCUT2D eigenvalue weighted by Crippen LogP contribution is 2.34. The van der Waals surface area contributed by atoms with Gasteiger partial charge in [-0.3, -0.25) is 0 Å². The van der Waals surface area contributed by atoms with E-state index in [2.05, 4.69) is 0 Å². The number of phenolic OH excluding ortho intramolecular Hbond substituents is 1. The van der Waals surface area contributed by atoms with Crippen LogP contribution < -0.4 is 9.47 Å². The van der Waals surface area contributed by atoms with Crippen LogP contribution in [-0.2, 0) is 4.74 Å². The normalized spacial score (nSPS) is 20.4. The number of ether oxygens (including phenoxy) is 3. The van der Waals surface area contributed by atoms with E-state index in [4.69, 9.17) is 14.2 Å². The standard InChI is InChI=1S/C18H24O7/c1-23-12-10-15(21)17-16(11-12)24-8-4-2-6-13(19)14(20)7-3-5-9-25-18(17)22/h10-11,19-21H,2-9H2,1H3/b14-13-. The number of aliphatic hydroxyl groups is 2. The molecule has 1 aliphatic rings. The summed E-state index contributed by atoms with van der Waals surface area (Å²) in [6.45, 7) is 0.415. The Labute approximate surface area is 146 Å². The molecule has 3 N–H and O–H groups in total. The maximum absolute atomic E-state index is 12.3. The van der Waals surface area contributed by atoms with Gasteiger partial charge < -0.3 is 29.5 Å². The Morgan fingerprint density at radius 1 is 0.920 bits per heavy atom. The van der Waals surface area contributed by atoms with Gasteiger partial charge in [-0.1, -0.05) is 0 Å². The number of fused-ring (bicyclic) bond motifs is 1. The van der Waals surface area contributed by atoms with Gasteiger partial charge >= 0.3 is 5.97 Å². The molecular weight excluding hydrogens is 328 g/mol. The van der Waals surface area contributed by atoms with Gasteiger partial charge in [-0.15, -0.1) is 0 Å². The van der Waals surface area contributed by atoms with Gasteiger partial charge in [0.15, 0.2) is 0 Å². The number of phenols is 1. The summed E-state index contributed by atoms with van der Waals surface area (Å²) < 4.78 is 15.9. The quantitative estimate of drug-likeness (QED) is 0.663. The van der Waals surface area contributed by atoms with E-state index in [9.17, 15) is 20.1 Å². The third kappa shape index (κ3) is 5.20. The molecule has 1 heterocycles. The summed E-state index contributed by atoms with van der Waals surface area (Å²) >= 11 is 0. The van der Waals surface area contributed by atoms with Crippen LogP contribution in [-0.4, -0.2) is 41.6 Å². The van der Waals surface area contributed by atoms with E-state index in [0.717, 1.165) is 0 Å². The molecule has 0 spiro atoms. The largest absolute Gasteiger partial charge is 0.509 e. The van der Waals surface area contributed by atoms with Gasteiger partial charge in [-0.25, -0.2) is 4.79 Å². The monoisotopic (exact) mass is 352 g/mol. The third-order valence-corrected chi connectivity index (χ3v) is 3.93. The molecule has 7 heteroatoms. The fraction of sp³-hybridized carbons (Fsp3) is 0.500. The Balaban J connectivity index is 2.20. The summed E-state index contributed by atoms with van der Waals surface area (Å²) in [6.07, 6.45) is 3.01. The summed E-state index contributed by atoms with van der Waals surface area (Å²) in [5.74, 6) is -0.403. The number of esters is 1. The number of aliphatic hydroxyl groups excluding tert-OH is 2. The first-order valence-corrected chi connectivity index (χ1v) is 8.33. The second kappa shape index (κ2) is 9.05. The molecule has 1 aliphatic heterocycles. The molecule has 138 valence electrons. The number of allylic oxidation sites excluding steroid dienone is 2. The number of carbonyl (C=O) groups excluding carboxylic acids is 1. The van der Waals surface area contributed by atoms with Crippen molar-refractivity contribution in [2.24, 2.45) is 0 Å². The molecule has 25 heavy (non-hydrogen) atoms. The number of carbonyl (C=O) groups is 1. The van der Waals surface area contributed by atoms with E-state index in [-0.39, 0.29) is 41.8 Å². The fourth-order valence-corrected chi connectivity index (χ4v) is 2.51. The Morgan fingerprint density at radius 3 is 2.12 bits per heavy atom. The average molecular weight is 352 g/mol. The van der Waals surface area contributed by atoms with Crippen LogP contribution in [0.2, 0.25) is 0 Å². The highest BCUT2D eigenvalue weighted by Gasteiger charge is 2.21. The van der Waals surface area contributed by atoms with Crippen LogP contribution in [0.1, 0.15) is 48.9 Å². The summed E-state index contributed by atoms with van der Waals surface area (Å²) in [5, 5.41) is 29.7. The molecule has 0 atom stereocenters. The molecule has 0 amide bonds. The minimum Gasteiger partial charge on any atom is -0.509 e. The number of cyclic esters (lactones) is 1. The zero-order valence-corrected chi connectivity index (χ0v) is 14.3. The summed E-state index contributed by atoms with van der Waals surface area (Å²) in [4.78, 5) is 12.3. The van der Waals surface area contributed by atoms with E-state index in [1.807, 2.05) is 0 Å². The lowest BCUT2D eigenvalue weighted by Gasteiger charge is -2.14. The molecule has 1 aromatic rings. The topological polar surface area (TPSA) is 105 Å². The molecular formula is C18H24O7. The Hall–Kier alpha value is -2.57. The first kappa shape index (κ1) is 18.8. The SMILES string of the molecule is COc1cc(O)c2c(c1)OCCCC/C(O)=C(/O)CCCCOC2=O. The van der Waals surface area contributed by atoms with Gasteiger partial charge in [-0.05, 0) is 25.7 Å². The maximum atomic E-state index is 12.3. The molecule has 0 aliphatic carbocycles. The number of hydrogen-bond acceptors (Lipinski definition) is 7. The highest BCUT2D eigenvalue weighted by atomic mass is 16.5. The summed E-state index contributed by atoms with van der Waals surface area (Å²) in [6, 6.07) is 2.86. The van der Waals surface area contributed by atoms with E-state index in [0.29, 0.717) is 44.3 Å². The molecule has 0 bridgehead atoms. The number of hydrogen-bond donors (Lipinski definition) is 3. The van der Waals surface area contributed by atoms with Crippen molar-refractivity contribution in [1.29, 1.82) is 0 Å². The molecule has 0 saturated heterocycles. The Kier molecular flexibility index (Phi) is 6.80. The predicted molar refractivity (Wildman–Crippen MR) is 90.4 cm³/mol. The van der Waals surface area contributed by atoms with Crippen LogP contribution in [0.3, 0.4) is 0 Å². The highest BCUT2D eigenvalue weighted by molar-refractivity contribution is 5.95. The number of aromatic hydroxyl groups is 1. The molecule has 0 unspecified atom stereocenters. The molecule has 0 saturated carbocycles. The number of methoxy groups -OCH3 is 1. The van der Waals surface area contributed by atoms with Crippen LogP contribution in [0.4, 0.5) is 0 Å². The molecule has 2 rings (SSSR count). The van der Waals surface area contributed by atoms with E-state index >= 15 is 0 Å². The van der Waals surface area contributed by atoms with Crippen molar-refractivity contribution in [1.82, 2.24) is 0 Å². The minimum absolute atomic E-state index is 0.00780. The number of benzene rings is 1. The second-order valence-corrected chi connectivity index (χ2v) is 5.81. The summed E-state index contributed by atoms with van der Waals surface area (Å²) in [5.41, 5.74) is -0.0282. The van der Waals surface area contributed by atoms with Crippen molar-refractivity contribution in [2.45, 2.75) is 38.5 Å². The van der Waals surface area contributed by atoms with Crippen molar-refractivity contribution in [3.8, 4) is 17.2 Å². The van der Waals surface area contributed by atoms with Crippen LogP contribution >= 0.6 is 0 Å². The lowest BCUT2D eigenvalue weighted by atomic mass is 10.1. The minimum atomic E-state index is -0.673. The van der Waals surface area contributed by atoms with Crippen molar-refractivity contribution < 1.29 is 34.3 Å². The molecule has 0 fully saturated rings. The lowest BCUT2D eigenvalue weighted by molar-refractivity contribution is 0.0489. The average Bonchev–Trinajstić information content (AvgIpc) is 2.59. The van der Waals surface area contributed by atoms with Gasteiger partial charge in [-0.2, -0.15) is 0 Å². The molecule has 1 aromatic carbocycles. The first-order valence-electron chi connectivity index (χ1n) is 8.33. The van der Waals surface area contributed by atoms with E-state index < -0.39 is 5.97 Å². The van der Waals surface area contributed by atoms with Crippen LogP contribution in [0.15, 0.2) is 23.7 Å². The second-order valence-electron chi connectivity index (χ2n) is 5.81. The van der Waals surface area contributed by atoms with Crippen LogP contribution in [0, 0.1) is 0 Å². The van der Waals surface area contributed by atoms with E-state index in [1.54, 1.807) is 0 Å². The maximum Gasteiger partial charge on any atom is 0.345 e. The van der Waals surface area contributed by atoms with Gasteiger partial charge in [0, 0.05) is 25.0 Å². The molecule has 0 aromatic heterocycles. The van der Waals surface area contributed by atoms with Crippen molar-refractivity contribution in [2.75, 3.05) is 20.3 Å². The smallest absolute Gasteiger partial charge is 0.345 e. The Bertz CT molecular complexity index is 637. The van der Waals surface area contributed by atoms with Crippen LogP contribution in [0.5, 0.6) is 17.2 Å². The van der Waals surface area contributed by atoms with Gasteiger partial charge in [0.2, 0.25) is 0 Å². The van der Waals surface area contributed by atoms with Crippen molar-refractivity contribution in [3.63, 3.8) is 0 Å². The van der Waals surface area contributed by atoms with Crippen molar-refractivity contribution in [3.05, 3.63) is 29.2 Å². The lowest BCUT2D eigenvalue weighted by Crippen LogP contribution is -2.10. The molecule has 0 radical (unpaired) electrons. The zero-order chi connectivity index (χ0) is 18.2. The fourth-order valence-electron chi connectivity index (χ4n) is 2.51.